The fourth-order valence-corrected chi connectivity index (χ4v) is 2.07. The second-order valence-corrected chi connectivity index (χ2v) is 4.84. The third-order valence-electron chi connectivity index (χ3n) is 3.68. The highest BCUT2D eigenvalue weighted by atomic mass is 16.5. The molecule has 2 unspecified atom stereocenters. The van der Waals surface area contributed by atoms with Crippen LogP contribution in [0.3, 0.4) is 0 Å². The Labute approximate surface area is 105 Å². The minimum absolute atomic E-state index is 0.0747. The lowest BCUT2D eigenvalue weighted by Gasteiger charge is -2.33. The topological polar surface area (TPSA) is 35.2 Å². The number of hydrogen-bond donors (Lipinski definition) is 1. The summed E-state index contributed by atoms with van der Waals surface area (Å²) >= 11 is 0. The van der Waals surface area contributed by atoms with Gasteiger partial charge in [0.2, 0.25) is 0 Å². The van der Waals surface area contributed by atoms with Crippen LogP contribution in [0.2, 0.25) is 0 Å². The average molecular weight is 235 g/mol. The molecule has 1 aromatic carbocycles. The molecule has 0 spiro atoms. The van der Waals surface area contributed by atoms with E-state index in [9.17, 15) is 0 Å². The van der Waals surface area contributed by atoms with Gasteiger partial charge >= 0.3 is 0 Å². The zero-order valence-corrected chi connectivity index (χ0v) is 11.5. The first-order chi connectivity index (χ1) is 8.07. The summed E-state index contributed by atoms with van der Waals surface area (Å²) in [5, 5.41) is 0. The van der Waals surface area contributed by atoms with E-state index in [0.717, 1.165) is 19.3 Å². The van der Waals surface area contributed by atoms with E-state index in [-0.39, 0.29) is 11.6 Å². The van der Waals surface area contributed by atoms with Crippen LogP contribution in [0.1, 0.15) is 50.8 Å². The van der Waals surface area contributed by atoms with Gasteiger partial charge in [0.05, 0.1) is 11.6 Å². The smallest absolute Gasteiger partial charge is 0.0839 e. The summed E-state index contributed by atoms with van der Waals surface area (Å²) in [6.07, 6.45) is 3.17. The molecule has 0 bridgehead atoms. The Kier molecular flexibility index (Phi) is 5.16. The van der Waals surface area contributed by atoms with Gasteiger partial charge in [-0.2, -0.15) is 0 Å². The Bertz CT molecular complexity index is 345. The molecule has 0 aliphatic heterocycles. The van der Waals surface area contributed by atoms with Gasteiger partial charge in [-0.15, -0.1) is 0 Å². The fraction of sp³-hybridized carbons (Fsp3) is 0.600. The van der Waals surface area contributed by atoms with Gasteiger partial charge in [-0.1, -0.05) is 44.5 Å². The van der Waals surface area contributed by atoms with Crippen LogP contribution in [0.15, 0.2) is 24.3 Å². The Morgan fingerprint density at radius 1 is 1.35 bits per heavy atom. The molecule has 1 rings (SSSR count). The molecule has 0 aromatic heterocycles. The second kappa shape index (κ2) is 6.18. The largest absolute Gasteiger partial charge is 0.377 e. The molecule has 0 aliphatic rings. The van der Waals surface area contributed by atoms with Crippen molar-refractivity contribution in [1.29, 1.82) is 0 Å². The molecule has 96 valence electrons. The minimum atomic E-state index is -0.287. The maximum absolute atomic E-state index is 6.33. The monoisotopic (exact) mass is 235 g/mol. The number of methoxy groups -OCH3 is 1. The van der Waals surface area contributed by atoms with Crippen molar-refractivity contribution in [3.63, 3.8) is 0 Å². The molecular formula is C15H25NO. The highest BCUT2D eigenvalue weighted by Gasteiger charge is 2.30. The van der Waals surface area contributed by atoms with Crippen LogP contribution in [-0.4, -0.2) is 12.7 Å². The lowest BCUT2D eigenvalue weighted by molar-refractivity contribution is -0.0194. The number of rotatable bonds is 6. The van der Waals surface area contributed by atoms with Crippen molar-refractivity contribution >= 4 is 0 Å². The quantitative estimate of drug-likeness (QED) is 0.819. The summed E-state index contributed by atoms with van der Waals surface area (Å²) in [5.41, 5.74) is 8.57. The molecule has 1 aromatic rings. The van der Waals surface area contributed by atoms with Gasteiger partial charge in [0.15, 0.2) is 0 Å². The predicted molar refractivity (Wildman–Crippen MR) is 73.1 cm³/mol. The van der Waals surface area contributed by atoms with Crippen molar-refractivity contribution in [2.45, 2.75) is 51.7 Å². The van der Waals surface area contributed by atoms with Crippen LogP contribution in [-0.2, 0) is 11.2 Å². The van der Waals surface area contributed by atoms with E-state index >= 15 is 0 Å². The molecule has 2 atom stereocenters. The SMILES string of the molecule is CCCc1cccc(C(N)C(C)(CC)OC)c1. The van der Waals surface area contributed by atoms with Crippen LogP contribution in [0, 0.1) is 0 Å². The third-order valence-corrected chi connectivity index (χ3v) is 3.68. The molecular weight excluding hydrogens is 210 g/mol. The van der Waals surface area contributed by atoms with Crippen molar-refractivity contribution in [3.05, 3.63) is 35.4 Å². The number of nitrogens with two attached hydrogens (primary N) is 1. The van der Waals surface area contributed by atoms with Crippen molar-refractivity contribution < 1.29 is 4.74 Å². The van der Waals surface area contributed by atoms with Crippen LogP contribution >= 0.6 is 0 Å². The highest BCUT2D eigenvalue weighted by Crippen LogP contribution is 2.29. The maximum atomic E-state index is 6.33. The Morgan fingerprint density at radius 2 is 2.06 bits per heavy atom. The standard InChI is InChI=1S/C15H25NO/c1-5-8-12-9-7-10-13(11-12)14(16)15(3,6-2)17-4/h7,9-11,14H,5-6,8,16H2,1-4H3. The summed E-state index contributed by atoms with van der Waals surface area (Å²) in [7, 11) is 1.74. The molecule has 2 N–H and O–H groups in total. The Morgan fingerprint density at radius 3 is 2.59 bits per heavy atom. The lowest BCUT2D eigenvalue weighted by atomic mass is 9.87. The van der Waals surface area contributed by atoms with Gasteiger partial charge in [0.1, 0.15) is 0 Å². The summed E-state index contributed by atoms with van der Waals surface area (Å²) in [4.78, 5) is 0. The van der Waals surface area contributed by atoms with Gasteiger partial charge in [-0.3, -0.25) is 0 Å². The number of ether oxygens (including phenoxy) is 1. The normalized spacial score (nSPS) is 16.5. The predicted octanol–water partition coefficient (Wildman–Crippen LogP) is 3.45. The molecule has 0 radical (unpaired) electrons. The second-order valence-electron chi connectivity index (χ2n) is 4.84. The third kappa shape index (κ3) is 3.30. The molecule has 0 saturated heterocycles. The van der Waals surface area contributed by atoms with Crippen LogP contribution < -0.4 is 5.73 Å². The fourth-order valence-electron chi connectivity index (χ4n) is 2.07. The van der Waals surface area contributed by atoms with E-state index in [0.29, 0.717) is 0 Å². The summed E-state index contributed by atoms with van der Waals surface area (Å²) in [6, 6.07) is 8.48. The van der Waals surface area contributed by atoms with E-state index < -0.39 is 0 Å². The van der Waals surface area contributed by atoms with Crippen molar-refractivity contribution in [3.8, 4) is 0 Å². The van der Waals surface area contributed by atoms with E-state index in [1.165, 1.54) is 11.1 Å². The molecule has 2 nitrogen and oxygen atoms in total. The average Bonchev–Trinajstić information content (AvgIpc) is 2.37. The van der Waals surface area contributed by atoms with Crippen molar-refractivity contribution in [1.82, 2.24) is 0 Å². The number of benzene rings is 1. The molecule has 0 amide bonds. The van der Waals surface area contributed by atoms with Gasteiger partial charge < -0.3 is 10.5 Å². The molecule has 0 aliphatic carbocycles. The zero-order valence-electron chi connectivity index (χ0n) is 11.5. The van der Waals surface area contributed by atoms with E-state index in [1.807, 2.05) is 0 Å². The van der Waals surface area contributed by atoms with E-state index in [1.54, 1.807) is 7.11 Å². The lowest BCUT2D eigenvalue weighted by Crippen LogP contribution is -2.39. The molecule has 0 fully saturated rings. The summed E-state index contributed by atoms with van der Waals surface area (Å²) in [6.45, 7) is 6.38. The van der Waals surface area contributed by atoms with Crippen LogP contribution in [0.4, 0.5) is 0 Å². The Hall–Kier alpha value is -0.860. The molecule has 0 heterocycles. The van der Waals surface area contributed by atoms with Gasteiger partial charge in [0, 0.05) is 7.11 Å². The molecule has 0 saturated carbocycles. The van der Waals surface area contributed by atoms with Crippen molar-refractivity contribution in [2.75, 3.05) is 7.11 Å². The van der Waals surface area contributed by atoms with Gasteiger partial charge in [-0.05, 0) is 30.9 Å². The van der Waals surface area contributed by atoms with Crippen molar-refractivity contribution in [2.24, 2.45) is 5.73 Å². The van der Waals surface area contributed by atoms with E-state index in [4.69, 9.17) is 10.5 Å². The first kappa shape index (κ1) is 14.2. The highest BCUT2D eigenvalue weighted by molar-refractivity contribution is 5.27. The molecule has 17 heavy (non-hydrogen) atoms. The van der Waals surface area contributed by atoms with Gasteiger partial charge in [-0.25, -0.2) is 0 Å². The van der Waals surface area contributed by atoms with Crippen LogP contribution in [0.25, 0.3) is 0 Å². The molecule has 2 heteroatoms. The minimum Gasteiger partial charge on any atom is -0.377 e. The summed E-state index contributed by atoms with van der Waals surface area (Å²) in [5.74, 6) is 0. The Balaban J connectivity index is 2.95. The van der Waals surface area contributed by atoms with Crippen LogP contribution in [0.5, 0.6) is 0 Å². The first-order valence-corrected chi connectivity index (χ1v) is 6.47. The van der Waals surface area contributed by atoms with Gasteiger partial charge in [0.25, 0.3) is 0 Å². The number of aryl methyl sites for hydroxylation is 1. The summed E-state index contributed by atoms with van der Waals surface area (Å²) < 4.78 is 5.58. The number of hydrogen-bond acceptors (Lipinski definition) is 2. The zero-order chi connectivity index (χ0) is 12.9. The maximum Gasteiger partial charge on any atom is 0.0839 e. The first-order valence-electron chi connectivity index (χ1n) is 6.47. The van der Waals surface area contributed by atoms with E-state index in [2.05, 4.69) is 45.0 Å².